The number of fused-ring (bicyclic) bond motifs is 1. The monoisotopic (exact) mass is 298 g/mol. The van der Waals surface area contributed by atoms with Crippen LogP contribution >= 0.6 is 0 Å². The molecule has 1 saturated carbocycles. The summed E-state index contributed by atoms with van der Waals surface area (Å²) in [6, 6.07) is 8.16. The van der Waals surface area contributed by atoms with E-state index in [2.05, 4.69) is 6.07 Å². The molecule has 22 heavy (non-hydrogen) atoms. The molecule has 2 heterocycles. The van der Waals surface area contributed by atoms with Crippen molar-refractivity contribution in [1.82, 2.24) is 4.57 Å². The molecule has 2 aliphatic rings. The molecule has 1 aliphatic heterocycles. The summed E-state index contributed by atoms with van der Waals surface area (Å²) < 4.78 is 12.7. The first-order chi connectivity index (χ1) is 10.7. The lowest BCUT2D eigenvalue weighted by molar-refractivity contribution is 0.174. The van der Waals surface area contributed by atoms with Crippen LogP contribution in [0.5, 0.6) is 11.5 Å². The van der Waals surface area contributed by atoms with Gasteiger partial charge in [-0.1, -0.05) is 0 Å². The van der Waals surface area contributed by atoms with Crippen LogP contribution in [0.2, 0.25) is 0 Å². The first-order valence-corrected chi connectivity index (χ1v) is 7.54. The smallest absolute Gasteiger partial charge is 0.256 e. The summed E-state index contributed by atoms with van der Waals surface area (Å²) in [5.41, 5.74) is 9.34. The minimum Gasteiger partial charge on any atom is -0.454 e. The van der Waals surface area contributed by atoms with Crippen LogP contribution in [0.15, 0.2) is 29.1 Å². The second kappa shape index (κ2) is 4.88. The van der Waals surface area contributed by atoms with Gasteiger partial charge >= 0.3 is 0 Å². The lowest BCUT2D eigenvalue weighted by Crippen LogP contribution is -2.27. The molecule has 0 bridgehead atoms. The Labute approximate surface area is 128 Å². The first-order valence-electron chi connectivity index (χ1n) is 7.54. The maximum Gasteiger partial charge on any atom is 0.256 e. The van der Waals surface area contributed by atoms with E-state index < -0.39 is 0 Å². The van der Waals surface area contributed by atoms with Crippen molar-refractivity contribution >= 4 is 0 Å². The van der Waals surface area contributed by atoms with Crippen molar-refractivity contribution in [2.24, 2.45) is 5.73 Å². The number of pyridine rings is 1. The minimum atomic E-state index is 0.0395. The predicted molar refractivity (Wildman–Crippen MR) is 83.2 cm³/mol. The van der Waals surface area contributed by atoms with Crippen LogP contribution in [0.1, 0.15) is 30.0 Å². The van der Waals surface area contributed by atoms with E-state index in [9.17, 15) is 4.79 Å². The molecule has 0 atom stereocenters. The maximum atomic E-state index is 12.8. The van der Waals surface area contributed by atoms with Crippen LogP contribution in [-0.2, 0) is 6.54 Å². The van der Waals surface area contributed by atoms with Gasteiger partial charge in [-0.15, -0.1) is 0 Å². The normalized spacial score (nSPS) is 16.1. The van der Waals surface area contributed by atoms with Crippen LogP contribution in [0.25, 0.3) is 11.3 Å². The summed E-state index contributed by atoms with van der Waals surface area (Å²) in [5.74, 6) is 1.48. The first kappa shape index (κ1) is 13.4. The largest absolute Gasteiger partial charge is 0.454 e. The zero-order valence-electron chi connectivity index (χ0n) is 12.5. The summed E-state index contributed by atoms with van der Waals surface area (Å²) in [6.45, 7) is 2.47. The molecule has 0 unspecified atom stereocenters. The predicted octanol–water partition coefficient (Wildman–Crippen LogP) is 2.35. The van der Waals surface area contributed by atoms with Gasteiger partial charge in [-0.2, -0.15) is 0 Å². The molecule has 114 valence electrons. The highest BCUT2D eigenvalue weighted by Crippen LogP contribution is 2.40. The van der Waals surface area contributed by atoms with Gasteiger partial charge < -0.3 is 19.8 Å². The average Bonchev–Trinajstić information content (AvgIpc) is 3.23. The lowest BCUT2D eigenvalue weighted by atomic mass is 10.0. The second-order valence-electron chi connectivity index (χ2n) is 5.87. The number of nitrogens with two attached hydrogens (primary N) is 1. The highest BCUT2D eigenvalue weighted by molar-refractivity contribution is 5.66. The fourth-order valence-electron chi connectivity index (χ4n) is 3.01. The summed E-state index contributed by atoms with van der Waals surface area (Å²) in [6.07, 6.45) is 2.09. The molecular formula is C17H18N2O3. The summed E-state index contributed by atoms with van der Waals surface area (Å²) in [4.78, 5) is 12.8. The molecular weight excluding hydrogens is 280 g/mol. The highest BCUT2D eigenvalue weighted by Gasteiger charge is 2.29. The van der Waals surface area contributed by atoms with Gasteiger partial charge in [-0.3, -0.25) is 4.79 Å². The van der Waals surface area contributed by atoms with Crippen LogP contribution in [0.4, 0.5) is 0 Å². The van der Waals surface area contributed by atoms with Gasteiger partial charge in [0.2, 0.25) is 6.79 Å². The van der Waals surface area contributed by atoms with Crippen molar-refractivity contribution in [3.05, 3.63) is 45.7 Å². The van der Waals surface area contributed by atoms with Crippen molar-refractivity contribution < 1.29 is 9.47 Å². The lowest BCUT2D eigenvalue weighted by Gasteiger charge is -2.16. The Morgan fingerprint density at radius 3 is 2.73 bits per heavy atom. The molecule has 4 rings (SSSR count). The Hall–Kier alpha value is -2.27. The number of nitrogens with zero attached hydrogens (tertiary/aromatic N) is 1. The molecule has 1 aliphatic carbocycles. The third-order valence-electron chi connectivity index (χ3n) is 4.35. The quantitative estimate of drug-likeness (QED) is 0.944. The second-order valence-corrected chi connectivity index (χ2v) is 5.87. The van der Waals surface area contributed by atoms with Crippen molar-refractivity contribution in [1.29, 1.82) is 0 Å². The Kier molecular flexibility index (Phi) is 2.97. The Bertz CT molecular complexity index is 806. The molecule has 1 fully saturated rings. The number of aromatic nitrogens is 1. The summed E-state index contributed by atoms with van der Waals surface area (Å²) >= 11 is 0. The Balaban J connectivity index is 1.93. The van der Waals surface area contributed by atoms with E-state index in [4.69, 9.17) is 15.2 Å². The van der Waals surface area contributed by atoms with Crippen molar-refractivity contribution in [2.45, 2.75) is 32.4 Å². The number of hydrogen-bond acceptors (Lipinski definition) is 4. The Morgan fingerprint density at radius 1 is 1.23 bits per heavy atom. The van der Waals surface area contributed by atoms with Crippen molar-refractivity contribution in [3.63, 3.8) is 0 Å². The number of benzene rings is 1. The standard InChI is InChI=1S/C17H18N2O3/c1-10-6-14(11-2-5-15-16(7-11)22-9-21-15)19(12-3-4-12)17(20)13(10)8-18/h2,5-7,12H,3-4,8-9,18H2,1H3. The zero-order chi connectivity index (χ0) is 15.3. The van der Waals surface area contributed by atoms with Gasteiger partial charge in [0.05, 0.1) is 5.69 Å². The van der Waals surface area contributed by atoms with Gasteiger partial charge in [0.1, 0.15) is 0 Å². The Morgan fingerprint density at radius 2 is 2.00 bits per heavy atom. The van der Waals surface area contributed by atoms with Crippen LogP contribution in [0.3, 0.4) is 0 Å². The van der Waals surface area contributed by atoms with Crippen LogP contribution < -0.4 is 20.8 Å². The van der Waals surface area contributed by atoms with E-state index in [1.54, 1.807) is 0 Å². The van der Waals surface area contributed by atoms with Gasteiger partial charge in [0.25, 0.3) is 5.56 Å². The molecule has 2 aromatic rings. The molecule has 5 nitrogen and oxygen atoms in total. The number of aryl methyl sites for hydroxylation is 1. The van der Waals surface area contributed by atoms with Crippen molar-refractivity contribution in [3.8, 4) is 22.8 Å². The summed E-state index contributed by atoms with van der Waals surface area (Å²) in [5, 5.41) is 0. The molecule has 2 N–H and O–H groups in total. The summed E-state index contributed by atoms with van der Waals surface area (Å²) in [7, 11) is 0. The maximum absolute atomic E-state index is 12.8. The fourth-order valence-corrected chi connectivity index (χ4v) is 3.01. The average molecular weight is 298 g/mol. The molecule has 0 amide bonds. The van der Waals surface area contributed by atoms with Gasteiger partial charge in [-0.25, -0.2) is 0 Å². The minimum absolute atomic E-state index is 0.0395. The molecule has 1 aromatic carbocycles. The van der Waals surface area contributed by atoms with Crippen LogP contribution in [0, 0.1) is 6.92 Å². The van der Waals surface area contributed by atoms with E-state index in [1.807, 2.05) is 29.7 Å². The van der Waals surface area contributed by atoms with E-state index in [0.29, 0.717) is 11.6 Å². The van der Waals surface area contributed by atoms with E-state index in [0.717, 1.165) is 41.2 Å². The number of hydrogen-bond donors (Lipinski definition) is 1. The third kappa shape index (κ3) is 2.01. The highest BCUT2D eigenvalue weighted by atomic mass is 16.7. The number of rotatable bonds is 3. The van der Waals surface area contributed by atoms with E-state index in [1.165, 1.54) is 0 Å². The van der Waals surface area contributed by atoms with E-state index >= 15 is 0 Å². The van der Waals surface area contributed by atoms with Gasteiger partial charge in [0.15, 0.2) is 11.5 Å². The number of ether oxygens (including phenoxy) is 2. The SMILES string of the molecule is Cc1cc(-c2ccc3c(c2)OCO3)n(C2CC2)c(=O)c1CN. The van der Waals surface area contributed by atoms with Crippen LogP contribution in [-0.4, -0.2) is 11.4 Å². The van der Waals surface area contributed by atoms with E-state index in [-0.39, 0.29) is 18.9 Å². The molecule has 0 radical (unpaired) electrons. The fraction of sp³-hybridized carbons (Fsp3) is 0.353. The topological polar surface area (TPSA) is 66.5 Å². The molecule has 5 heteroatoms. The molecule has 0 saturated heterocycles. The van der Waals surface area contributed by atoms with Crippen molar-refractivity contribution in [2.75, 3.05) is 6.79 Å². The zero-order valence-corrected chi connectivity index (χ0v) is 12.5. The van der Waals surface area contributed by atoms with Gasteiger partial charge in [-0.05, 0) is 49.6 Å². The molecule has 1 aromatic heterocycles. The third-order valence-corrected chi connectivity index (χ3v) is 4.35. The van der Waals surface area contributed by atoms with Gasteiger partial charge in [0, 0.05) is 23.7 Å². The molecule has 0 spiro atoms.